The van der Waals surface area contributed by atoms with Crippen LogP contribution in [0.4, 0.5) is 5.00 Å². The molecule has 4 rings (SSSR count). The first-order chi connectivity index (χ1) is 18.2. The summed E-state index contributed by atoms with van der Waals surface area (Å²) in [6, 6.07) is 5.70. The molecule has 1 saturated heterocycles. The van der Waals surface area contributed by atoms with E-state index in [4.69, 9.17) is 21.7 Å². The van der Waals surface area contributed by atoms with Crippen LogP contribution in [0.2, 0.25) is 0 Å². The summed E-state index contributed by atoms with van der Waals surface area (Å²) in [7, 11) is -3.67. The Balaban J connectivity index is 1.51. The number of amides is 1. The van der Waals surface area contributed by atoms with Crippen molar-refractivity contribution in [3.05, 3.63) is 45.8 Å². The summed E-state index contributed by atoms with van der Waals surface area (Å²) in [4.78, 5) is 27.1. The topological polar surface area (TPSA) is 131 Å². The van der Waals surface area contributed by atoms with Gasteiger partial charge in [-0.05, 0) is 76.7 Å². The SMILES string of the molecule is CCOC(=O)c1c(NC(=S)NC(=O)c2ccc(S(=O)(=O)N3CCOCC3)cc2)sc2c1CC(C)(C)[NH2+]C2(C)C. The van der Waals surface area contributed by atoms with Gasteiger partial charge in [-0.3, -0.25) is 10.1 Å². The Bertz CT molecular complexity index is 1380. The number of carbonyl (C=O) groups excluding carboxylic acids is 2. The Labute approximate surface area is 238 Å². The van der Waals surface area contributed by atoms with E-state index in [1.54, 1.807) is 6.92 Å². The summed E-state index contributed by atoms with van der Waals surface area (Å²) >= 11 is 6.86. The number of nitrogens with zero attached hydrogens (tertiary/aromatic N) is 1. The van der Waals surface area contributed by atoms with E-state index in [1.807, 2.05) is 0 Å². The van der Waals surface area contributed by atoms with Crippen molar-refractivity contribution in [3.63, 3.8) is 0 Å². The molecule has 0 aliphatic carbocycles. The van der Waals surface area contributed by atoms with Gasteiger partial charge >= 0.3 is 5.97 Å². The Morgan fingerprint density at radius 1 is 1.15 bits per heavy atom. The van der Waals surface area contributed by atoms with Gasteiger partial charge in [0.05, 0.1) is 40.7 Å². The molecule has 13 heteroatoms. The van der Waals surface area contributed by atoms with E-state index < -0.39 is 21.9 Å². The maximum absolute atomic E-state index is 13.0. The smallest absolute Gasteiger partial charge is 0.341 e. The summed E-state index contributed by atoms with van der Waals surface area (Å²) < 4.78 is 37.7. The highest BCUT2D eigenvalue weighted by Crippen LogP contribution is 2.42. The van der Waals surface area contributed by atoms with Gasteiger partial charge in [0, 0.05) is 25.1 Å². The number of hydrogen-bond acceptors (Lipinski definition) is 8. The van der Waals surface area contributed by atoms with Crippen molar-refractivity contribution >= 4 is 55.6 Å². The number of benzene rings is 1. The Kier molecular flexibility index (Phi) is 8.50. The molecule has 2 aliphatic heterocycles. The molecule has 0 spiro atoms. The molecule has 39 heavy (non-hydrogen) atoms. The number of esters is 1. The average molecular weight is 596 g/mol. The van der Waals surface area contributed by atoms with Crippen LogP contribution in [-0.2, 0) is 31.5 Å². The molecule has 2 aliphatic rings. The van der Waals surface area contributed by atoms with Crippen LogP contribution in [0.3, 0.4) is 0 Å². The zero-order valence-corrected chi connectivity index (χ0v) is 25.2. The van der Waals surface area contributed by atoms with Crippen LogP contribution in [0.15, 0.2) is 29.2 Å². The number of nitrogens with one attached hydrogen (secondary N) is 2. The van der Waals surface area contributed by atoms with Crippen molar-refractivity contribution in [3.8, 4) is 0 Å². The molecule has 1 amide bonds. The van der Waals surface area contributed by atoms with Gasteiger partial charge in [-0.2, -0.15) is 4.31 Å². The summed E-state index contributed by atoms with van der Waals surface area (Å²) in [5.41, 5.74) is 1.24. The van der Waals surface area contributed by atoms with Crippen LogP contribution in [0.25, 0.3) is 0 Å². The van der Waals surface area contributed by atoms with Crippen molar-refractivity contribution in [2.45, 2.75) is 57.0 Å². The zero-order valence-electron chi connectivity index (χ0n) is 22.8. The number of carbonyl (C=O) groups is 2. The number of nitrogens with two attached hydrogens (primary N) is 1. The van der Waals surface area contributed by atoms with Gasteiger partial charge in [-0.25, -0.2) is 13.2 Å². The molecule has 4 N–H and O–H groups in total. The average Bonchev–Trinajstić information content (AvgIpc) is 3.21. The summed E-state index contributed by atoms with van der Waals surface area (Å²) in [5.74, 6) is -0.936. The number of quaternary nitrogens is 1. The quantitative estimate of drug-likeness (QED) is 0.342. The summed E-state index contributed by atoms with van der Waals surface area (Å²) in [6.07, 6.45) is 0.678. The van der Waals surface area contributed by atoms with Gasteiger partial charge in [-0.1, -0.05) is 0 Å². The number of ether oxygens (including phenoxy) is 2. The minimum atomic E-state index is -3.67. The van der Waals surface area contributed by atoms with E-state index in [0.29, 0.717) is 30.2 Å². The highest BCUT2D eigenvalue weighted by atomic mass is 32.2. The van der Waals surface area contributed by atoms with Crippen molar-refractivity contribution in [1.82, 2.24) is 9.62 Å². The summed E-state index contributed by atoms with van der Waals surface area (Å²) in [5, 5.41) is 8.51. The molecule has 212 valence electrons. The molecule has 1 fully saturated rings. The molecule has 2 aromatic rings. The molecule has 10 nitrogen and oxygen atoms in total. The van der Waals surface area contributed by atoms with Crippen molar-refractivity contribution < 1.29 is 32.8 Å². The van der Waals surface area contributed by atoms with Gasteiger partial charge in [0.1, 0.15) is 10.5 Å². The molecule has 0 unspecified atom stereocenters. The first-order valence-corrected chi connectivity index (χ1v) is 15.4. The lowest BCUT2D eigenvalue weighted by Crippen LogP contribution is -3.03. The highest BCUT2D eigenvalue weighted by Gasteiger charge is 2.45. The lowest BCUT2D eigenvalue weighted by Gasteiger charge is -2.38. The second-order valence-corrected chi connectivity index (χ2v) is 14.2. The van der Waals surface area contributed by atoms with Crippen LogP contribution < -0.4 is 16.0 Å². The molecular formula is C26H35N4O6S3+. The van der Waals surface area contributed by atoms with Crippen molar-refractivity contribution in [1.29, 1.82) is 0 Å². The Morgan fingerprint density at radius 3 is 2.41 bits per heavy atom. The molecule has 1 aromatic carbocycles. The van der Waals surface area contributed by atoms with Gasteiger partial charge < -0.3 is 20.1 Å². The van der Waals surface area contributed by atoms with E-state index >= 15 is 0 Å². The van der Waals surface area contributed by atoms with Crippen LogP contribution in [-0.4, -0.2) is 68.2 Å². The van der Waals surface area contributed by atoms with Crippen molar-refractivity contribution in [2.24, 2.45) is 0 Å². The number of morpholine rings is 1. The molecule has 3 heterocycles. The molecule has 0 atom stereocenters. The maximum atomic E-state index is 13.0. The van der Waals surface area contributed by atoms with Gasteiger partial charge in [-0.15, -0.1) is 11.3 Å². The molecule has 0 bridgehead atoms. The molecule has 1 aromatic heterocycles. The number of fused-ring (bicyclic) bond motifs is 1. The first-order valence-electron chi connectivity index (χ1n) is 12.8. The lowest BCUT2D eigenvalue weighted by molar-refractivity contribution is -0.789. The van der Waals surface area contributed by atoms with E-state index in [0.717, 1.165) is 10.4 Å². The number of rotatable bonds is 6. The lowest BCUT2D eigenvalue weighted by atomic mass is 9.81. The standard InChI is InChI=1S/C26H34N4O6S3/c1-6-36-23(32)19-18-15-25(2,3)29-26(4,5)20(18)38-22(19)28-24(37)27-21(31)16-7-9-17(10-8-16)39(33,34)30-11-13-35-14-12-30/h7-10,29H,6,11-15H2,1-5H3,(H2,27,28,31,37)/p+1. The van der Waals surface area contributed by atoms with Crippen LogP contribution in [0.5, 0.6) is 0 Å². The second-order valence-electron chi connectivity index (χ2n) is 10.8. The maximum Gasteiger partial charge on any atom is 0.341 e. The zero-order chi connectivity index (χ0) is 28.6. The number of thiocarbonyl (C=S) groups is 1. The van der Waals surface area contributed by atoms with Crippen LogP contribution in [0, 0.1) is 0 Å². The fourth-order valence-corrected chi connectivity index (χ4v) is 8.19. The second kappa shape index (κ2) is 11.2. The number of sulfonamides is 1. The Morgan fingerprint density at radius 2 is 1.79 bits per heavy atom. The largest absolute Gasteiger partial charge is 0.462 e. The minimum absolute atomic E-state index is 0.0233. The third kappa shape index (κ3) is 6.34. The first kappa shape index (κ1) is 29.6. The van der Waals surface area contributed by atoms with E-state index in [1.165, 1.54) is 39.9 Å². The number of thiophene rings is 1. The Hall–Kier alpha value is -2.42. The minimum Gasteiger partial charge on any atom is -0.462 e. The highest BCUT2D eigenvalue weighted by molar-refractivity contribution is 7.89. The fraction of sp³-hybridized carbons (Fsp3) is 0.500. The van der Waals surface area contributed by atoms with E-state index in [2.05, 4.69) is 43.6 Å². The monoisotopic (exact) mass is 595 g/mol. The third-order valence-corrected chi connectivity index (χ3v) is 10.2. The molecular weight excluding hydrogens is 561 g/mol. The fourth-order valence-electron chi connectivity index (χ4n) is 5.23. The molecule has 0 radical (unpaired) electrons. The van der Waals surface area contributed by atoms with Crippen LogP contribution >= 0.6 is 23.6 Å². The number of anilines is 1. The van der Waals surface area contributed by atoms with Crippen molar-refractivity contribution in [2.75, 3.05) is 38.2 Å². The predicted molar refractivity (Wildman–Crippen MR) is 153 cm³/mol. The normalized spacial score (nSPS) is 18.6. The van der Waals surface area contributed by atoms with Gasteiger partial charge in [0.25, 0.3) is 5.91 Å². The van der Waals surface area contributed by atoms with Crippen LogP contribution in [0.1, 0.15) is 65.8 Å². The molecule has 0 saturated carbocycles. The van der Waals surface area contributed by atoms with E-state index in [9.17, 15) is 18.0 Å². The van der Waals surface area contributed by atoms with Gasteiger partial charge in [0.15, 0.2) is 5.11 Å². The van der Waals surface area contributed by atoms with Gasteiger partial charge in [0.2, 0.25) is 10.0 Å². The third-order valence-electron chi connectivity index (χ3n) is 6.63. The summed E-state index contributed by atoms with van der Waals surface area (Å²) in [6.45, 7) is 11.8. The number of hydrogen-bond donors (Lipinski definition) is 3. The predicted octanol–water partition coefficient (Wildman–Crippen LogP) is 2.21. The van der Waals surface area contributed by atoms with E-state index in [-0.39, 0.29) is 46.3 Å².